The summed E-state index contributed by atoms with van der Waals surface area (Å²) in [6.45, 7) is 2.08. The average molecular weight is 313 g/mol. The zero-order valence-electron chi connectivity index (χ0n) is 11.6. The van der Waals surface area contributed by atoms with Gasteiger partial charge < -0.3 is 5.11 Å². The van der Waals surface area contributed by atoms with Crippen LogP contribution >= 0.6 is 23.1 Å². The molecule has 0 spiro atoms. The molecular formula is C17H15NOS2. The van der Waals surface area contributed by atoms with Crippen molar-refractivity contribution in [2.24, 2.45) is 0 Å². The summed E-state index contributed by atoms with van der Waals surface area (Å²) in [5.74, 6) is 1.09. The van der Waals surface area contributed by atoms with Crippen LogP contribution in [0.15, 0.2) is 58.8 Å². The van der Waals surface area contributed by atoms with Crippen molar-refractivity contribution in [1.29, 1.82) is 0 Å². The van der Waals surface area contributed by atoms with E-state index in [0.29, 0.717) is 5.75 Å². The van der Waals surface area contributed by atoms with Gasteiger partial charge in [-0.15, -0.1) is 23.1 Å². The Labute approximate surface area is 132 Å². The van der Waals surface area contributed by atoms with E-state index < -0.39 is 0 Å². The number of nitrogens with zero attached hydrogens (tertiary/aromatic N) is 1. The highest BCUT2D eigenvalue weighted by molar-refractivity contribution is 7.98. The van der Waals surface area contributed by atoms with Crippen LogP contribution in [0.2, 0.25) is 0 Å². The third-order valence-corrected chi connectivity index (χ3v) is 5.13. The summed E-state index contributed by atoms with van der Waals surface area (Å²) < 4.78 is 0. The molecule has 3 aromatic rings. The quantitative estimate of drug-likeness (QED) is 0.679. The number of benzene rings is 2. The first kappa shape index (κ1) is 14.2. The lowest BCUT2D eigenvalue weighted by atomic mass is 10.2. The number of hydrogen-bond acceptors (Lipinski definition) is 4. The minimum atomic E-state index is 0.330. The molecule has 1 heterocycles. The first-order chi connectivity index (χ1) is 10.2. The van der Waals surface area contributed by atoms with Crippen molar-refractivity contribution in [2.45, 2.75) is 17.6 Å². The molecule has 1 aromatic heterocycles. The lowest BCUT2D eigenvalue weighted by molar-refractivity contribution is 0.462. The smallest absolute Gasteiger partial charge is 0.129 e. The molecule has 21 heavy (non-hydrogen) atoms. The fourth-order valence-corrected chi connectivity index (χ4v) is 3.71. The molecule has 3 rings (SSSR count). The predicted molar refractivity (Wildman–Crippen MR) is 90.0 cm³/mol. The summed E-state index contributed by atoms with van der Waals surface area (Å²) in [7, 11) is 0. The fourth-order valence-electron chi connectivity index (χ4n) is 1.93. The number of aromatic hydroxyl groups is 1. The molecule has 0 saturated heterocycles. The molecule has 0 unspecified atom stereocenters. The second-order valence-corrected chi connectivity index (χ2v) is 6.64. The molecule has 0 aliphatic rings. The molecule has 0 atom stereocenters. The van der Waals surface area contributed by atoms with Crippen LogP contribution in [0.1, 0.15) is 11.3 Å². The molecule has 2 nitrogen and oxygen atoms in total. The molecule has 0 bridgehead atoms. The first-order valence-electron chi connectivity index (χ1n) is 6.64. The van der Waals surface area contributed by atoms with Crippen LogP contribution in [0.3, 0.4) is 0 Å². The van der Waals surface area contributed by atoms with Gasteiger partial charge in [0.2, 0.25) is 0 Å². The summed E-state index contributed by atoms with van der Waals surface area (Å²) in [6, 6.07) is 15.8. The third kappa shape index (κ3) is 3.46. The van der Waals surface area contributed by atoms with Crippen molar-refractivity contribution in [2.75, 3.05) is 0 Å². The highest BCUT2D eigenvalue weighted by Gasteiger charge is 2.06. The Bertz CT molecular complexity index is 735. The van der Waals surface area contributed by atoms with E-state index in [1.807, 2.05) is 18.2 Å². The van der Waals surface area contributed by atoms with Crippen LogP contribution in [-0.2, 0) is 5.75 Å². The number of phenols is 1. The van der Waals surface area contributed by atoms with Gasteiger partial charge in [0, 0.05) is 21.6 Å². The number of aromatic nitrogens is 1. The van der Waals surface area contributed by atoms with E-state index >= 15 is 0 Å². The summed E-state index contributed by atoms with van der Waals surface area (Å²) in [5, 5.41) is 12.9. The van der Waals surface area contributed by atoms with Crippen LogP contribution in [0, 0.1) is 6.92 Å². The number of para-hydroxylation sites is 1. The lowest BCUT2D eigenvalue weighted by Gasteiger charge is -2.01. The van der Waals surface area contributed by atoms with Gasteiger partial charge in [-0.1, -0.05) is 42.0 Å². The minimum absolute atomic E-state index is 0.330. The maximum atomic E-state index is 9.76. The van der Waals surface area contributed by atoms with Gasteiger partial charge in [0.25, 0.3) is 0 Å². The van der Waals surface area contributed by atoms with Crippen molar-refractivity contribution in [3.05, 3.63) is 65.2 Å². The molecule has 4 heteroatoms. The van der Waals surface area contributed by atoms with Crippen LogP contribution < -0.4 is 0 Å². The summed E-state index contributed by atoms with van der Waals surface area (Å²) in [5.41, 5.74) is 3.46. The first-order valence-corrected chi connectivity index (χ1v) is 8.51. The fraction of sp³-hybridized carbons (Fsp3) is 0.118. The number of phenolic OH excluding ortho intramolecular Hbond substituents is 1. The largest absolute Gasteiger partial charge is 0.507 e. The van der Waals surface area contributed by atoms with Crippen LogP contribution in [0.25, 0.3) is 10.6 Å². The van der Waals surface area contributed by atoms with E-state index in [2.05, 4.69) is 41.6 Å². The monoisotopic (exact) mass is 313 g/mol. The molecule has 0 aliphatic carbocycles. The molecule has 0 aliphatic heterocycles. The van der Waals surface area contributed by atoms with Crippen LogP contribution in [0.5, 0.6) is 5.75 Å². The van der Waals surface area contributed by atoms with Gasteiger partial charge >= 0.3 is 0 Å². The van der Waals surface area contributed by atoms with E-state index in [4.69, 9.17) is 0 Å². The number of rotatable bonds is 4. The zero-order chi connectivity index (χ0) is 14.7. The predicted octanol–water partition coefficient (Wildman–Crippen LogP) is 5.12. The van der Waals surface area contributed by atoms with Gasteiger partial charge in [-0.05, 0) is 19.1 Å². The zero-order valence-corrected chi connectivity index (χ0v) is 13.2. The Kier molecular flexibility index (Phi) is 4.27. The van der Waals surface area contributed by atoms with Gasteiger partial charge in [0.1, 0.15) is 10.8 Å². The van der Waals surface area contributed by atoms with Gasteiger partial charge in [0.05, 0.1) is 5.69 Å². The molecule has 0 radical (unpaired) electrons. The van der Waals surface area contributed by atoms with Gasteiger partial charge in [-0.2, -0.15) is 0 Å². The minimum Gasteiger partial charge on any atom is -0.507 e. The van der Waals surface area contributed by atoms with Crippen molar-refractivity contribution < 1.29 is 5.11 Å². The Morgan fingerprint density at radius 1 is 1.10 bits per heavy atom. The second-order valence-electron chi connectivity index (χ2n) is 4.77. The lowest BCUT2D eigenvalue weighted by Crippen LogP contribution is -1.83. The standard InChI is InChI=1S/C17H15NOS2/c1-12-6-8-13(9-7-12)17-18-14(11-21-17)10-20-16-5-3-2-4-15(16)19/h2-9,11,19H,10H2,1H3. The maximum Gasteiger partial charge on any atom is 0.129 e. The Morgan fingerprint density at radius 2 is 1.86 bits per heavy atom. The summed E-state index contributed by atoms with van der Waals surface area (Å²) in [4.78, 5) is 5.56. The van der Waals surface area contributed by atoms with E-state index in [0.717, 1.165) is 26.9 Å². The van der Waals surface area contributed by atoms with Crippen molar-refractivity contribution in [3.8, 4) is 16.3 Å². The van der Waals surface area contributed by atoms with Gasteiger partial charge in [-0.25, -0.2) is 4.98 Å². The summed E-state index contributed by atoms with van der Waals surface area (Å²) in [6.07, 6.45) is 0. The number of thiazole rings is 1. The number of thioether (sulfide) groups is 1. The van der Waals surface area contributed by atoms with Crippen LogP contribution in [0.4, 0.5) is 0 Å². The topological polar surface area (TPSA) is 33.1 Å². The third-order valence-electron chi connectivity index (χ3n) is 3.09. The highest BCUT2D eigenvalue weighted by atomic mass is 32.2. The van der Waals surface area contributed by atoms with Crippen molar-refractivity contribution in [1.82, 2.24) is 4.98 Å². The second kappa shape index (κ2) is 6.33. The molecule has 0 amide bonds. The molecule has 0 saturated carbocycles. The van der Waals surface area contributed by atoms with Gasteiger partial charge in [0.15, 0.2) is 0 Å². The summed E-state index contributed by atoms with van der Waals surface area (Å²) >= 11 is 3.27. The molecule has 1 N–H and O–H groups in total. The van der Waals surface area contributed by atoms with E-state index in [1.165, 1.54) is 5.56 Å². The maximum absolute atomic E-state index is 9.76. The van der Waals surface area contributed by atoms with Crippen molar-refractivity contribution in [3.63, 3.8) is 0 Å². The molecule has 2 aromatic carbocycles. The SMILES string of the molecule is Cc1ccc(-c2nc(CSc3ccccc3O)cs2)cc1. The molecule has 0 fully saturated rings. The highest BCUT2D eigenvalue weighted by Crippen LogP contribution is 2.32. The Morgan fingerprint density at radius 3 is 2.62 bits per heavy atom. The van der Waals surface area contributed by atoms with E-state index in [-0.39, 0.29) is 0 Å². The van der Waals surface area contributed by atoms with E-state index in [1.54, 1.807) is 29.2 Å². The Balaban J connectivity index is 1.71. The number of hydrogen-bond donors (Lipinski definition) is 1. The molecular weight excluding hydrogens is 298 g/mol. The normalized spacial score (nSPS) is 10.7. The van der Waals surface area contributed by atoms with Crippen molar-refractivity contribution >= 4 is 23.1 Å². The number of aryl methyl sites for hydroxylation is 1. The van der Waals surface area contributed by atoms with Crippen LogP contribution in [-0.4, -0.2) is 10.1 Å². The van der Waals surface area contributed by atoms with E-state index in [9.17, 15) is 5.11 Å². The molecule has 106 valence electrons. The van der Waals surface area contributed by atoms with Gasteiger partial charge in [-0.3, -0.25) is 0 Å². The Hall–Kier alpha value is -1.78. The average Bonchev–Trinajstić information content (AvgIpc) is 2.96.